The van der Waals surface area contributed by atoms with Crippen LogP contribution in [-0.4, -0.2) is 54.3 Å². The topological polar surface area (TPSA) is 39.6 Å². The number of aromatic nitrogens is 1. The van der Waals surface area contributed by atoms with Crippen molar-refractivity contribution >= 4 is 17.4 Å². The Hall–Kier alpha value is -0.840. The lowest BCUT2D eigenvalue weighted by atomic mass is 10.3. The molecule has 0 spiro atoms. The highest BCUT2D eigenvalue weighted by Gasteiger charge is 2.17. The molecule has 1 aliphatic heterocycles. The van der Waals surface area contributed by atoms with Crippen molar-refractivity contribution in [1.82, 2.24) is 9.88 Å². The highest BCUT2D eigenvalue weighted by atomic mass is 35.5. The zero-order chi connectivity index (χ0) is 11.4. The average molecular weight is 242 g/mol. The number of rotatable bonds is 3. The molecule has 1 aromatic heterocycles. The van der Waals surface area contributed by atoms with Gasteiger partial charge in [0.1, 0.15) is 11.0 Å². The van der Waals surface area contributed by atoms with Gasteiger partial charge in [0.25, 0.3) is 0 Å². The quantitative estimate of drug-likeness (QED) is 0.797. The van der Waals surface area contributed by atoms with E-state index >= 15 is 0 Å². The monoisotopic (exact) mass is 241 g/mol. The smallest absolute Gasteiger partial charge is 0.131 e. The molecule has 1 saturated heterocycles. The van der Waals surface area contributed by atoms with Crippen LogP contribution >= 0.6 is 11.6 Å². The molecule has 0 atom stereocenters. The number of pyridine rings is 1. The zero-order valence-electron chi connectivity index (χ0n) is 9.14. The number of aliphatic hydroxyl groups is 1. The number of hydrogen-bond acceptors (Lipinski definition) is 4. The lowest BCUT2D eigenvalue weighted by Crippen LogP contribution is -2.47. The van der Waals surface area contributed by atoms with Crippen molar-refractivity contribution in [3.8, 4) is 0 Å². The molecule has 2 rings (SSSR count). The fraction of sp³-hybridized carbons (Fsp3) is 0.545. The Morgan fingerprint density at radius 2 is 2.00 bits per heavy atom. The Balaban J connectivity index is 1.94. The van der Waals surface area contributed by atoms with Crippen LogP contribution in [0.3, 0.4) is 0 Å². The molecular formula is C11H16ClN3O. The fourth-order valence-electron chi connectivity index (χ4n) is 1.92. The van der Waals surface area contributed by atoms with E-state index in [2.05, 4.69) is 14.8 Å². The van der Waals surface area contributed by atoms with Crippen LogP contribution in [0.5, 0.6) is 0 Å². The molecule has 1 aliphatic rings. The van der Waals surface area contributed by atoms with Crippen LogP contribution in [0.15, 0.2) is 18.2 Å². The Morgan fingerprint density at radius 1 is 1.25 bits per heavy atom. The van der Waals surface area contributed by atoms with E-state index in [-0.39, 0.29) is 6.61 Å². The highest BCUT2D eigenvalue weighted by Crippen LogP contribution is 2.16. The number of anilines is 1. The maximum Gasteiger partial charge on any atom is 0.131 e. The first-order chi connectivity index (χ1) is 7.79. The SMILES string of the molecule is OCCN1CCN(c2cccc(Cl)n2)CC1. The minimum Gasteiger partial charge on any atom is -0.395 e. The highest BCUT2D eigenvalue weighted by molar-refractivity contribution is 6.29. The van der Waals surface area contributed by atoms with Gasteiger partial charge in [0.2, 0.25) is 0 Å². The van der Waals surface area contributed by atoms with Crippen LogP contribution in [0.2, 0.25) is 5.15 Å². The Kier molecular flexibility index (Phi) is 3.98. The third-order valence-electron chi connectivity index (χ3n) is 2.81. The fourth-order valence-corrected chi connectivity index (χ4v) is 2.07. The van der Waals surface area contributed by atoms with Crippen molar-refractivity contribution in [2.75, 3.05) is 44.2 Å². The summed E-state index contributed by atoms with van der Waals surface area (Å²) < 4.78 is 0. The largest absolute Gasteiger partial charge is 0.395 e. The second-order valence-corrected chi connectivity index (χ2v) is 4.26. The first-order valence-corrected chi connectivity index (χ1v) is 5.88. The van der Waals surface area contributed by atoms with Gasteiger partial charge in [0.15, 0.2) is 0 Å². The summed E-state index contributed by atoms with van der Waals surface area (Å²) >= 11 is 5.86. The Bertz CT molecular complexity index is 340. The molecule has 0 radical (unpaired) electrons. The first-order valence-electron chi connectivity index (χ1n) is 5.50. The van der Waals surface area contributed by atoms with Gasteiger partial charge in [0, 0.05) is 32.7 Å². The van der Waals surface area contributed by atoms with Crippen LogP contribution in [0, 0.1) is 0 Å². The van der Waals surface area contributed by atoms with Crippen molar-refractivity contribution in [3.63, 3.8) is 0 Å². The molecule has 0 unspecified atom stereocenters. The Morgan fingerprint density at radius 3 is 2.62 bits per heavy atom. The van der Waals surface area contributed by atoms with Crippen LogP contribution in [-0.2, 0) is 0 Å². The minimum atomic E-state index is 0.232. The zero-order valence-corrected chi connectivity index (χ0v) is 9.90. The van der Waals surface area contributed by atoms with E-state index in [9.17, 15) is 0 Å². The molecule has 88 valence electrons. The van der Waals surface area contributed by atoms with Crippen molar-refractivity contribution in [2.45, 2.75) is 0 Å². The minimum absolute atomic E-state index is 0.232. The molecular weight excluding hydrogens is 226 g/mol. The summed E-state index contributed by atoms with van der Waals surface area (Å²) in [6, 6.07) is 5.69. The van der Waals surface area contributed by atoms with Crippen LogP contribution in [0.4, 0.5) is 5.82 Å². The van der Waals surface area contributed by atoms with Crippen LogP contribution in [0.25, 0.3) is 0 Å². The maximum absolute atomic E-state index is 8.85. The van der Waals surface area contributed by atoms with Crippen molar-refractivity contribution in [3.05, 3.63) is 23.4 Å². The van der Waals surface area contributed by atoms with Gasteiger partial charge in [-0.3, -0.25) is 4.90 Å². The lowest BCUT2D eigenvalue weighted by Gasteiger charge is -2.35. The number of aliphatic hydroxyl groups excluding tert-OH is 1. The van der Waals surface area contributed by atoms with Gasteiger partial charge in [-0.15, -0.1) is 0 Å². The van der Waals surface area contributed by atoms with Crippen LogP contribution < -0.4 is 4.90 Å². The van der Waals surface area contributed by atoms with Gasteiger partial charge >= 0.3 is 0 Å². The maximum atomic E-state index is 8.85. The third-order valence-corrected chi connectivity index (χ3v) is 3.02. The van der Waals surface area contributed by atoms with Gasteiger partial charge < -0.3 is 10.0 Å². The number of nitrogens with zero attached hydrogens (tertiary/aromatic N) is 3. The summed E-state index contributed by atoms with van der Waals surface area (Å²) in [4.78, 5) is 8.76. The van der Waals surface area contributed by atoms with Gasteiger partial charge in [-0.05, 0) is 12.1 Å². The van der Waals surface area contributed by atoms with Crippen molar-refractivity contribution in [2.24, 2.45) is 0 Å². The second kappa shape index (κ2) is 5.48. The first kappa shape index (κ1) is 11.6. The van der Waals surface area contributed by atoms with E-state index in [0.717, 1.165) is 38.5 Å². The molecule has 16 heavy (non-hydrogen) atoms. The summed E-state index contributed by atoms with van der Waals surface area (Å²) in [5, 5.41) is 9.39. The molecule has 0 amide bonds. The van der Waals surface area contributed by atoms with E-state index in [0.29, 0.717) is 5.15 Å². The Labute approximate surface area is 100 Å². The van der Waals surface area contributed by atoms with Gasteiger partial charge in [-0.25, -0.2) is 4.98 Å². The summed E-state index contributed by atoms with van der Waals surface area (Å²) in [6.45, 7) is 4.80. The molecule has 1 aromatic rings. The molecule has 0 aromatic carbocycles. The second-order valence-electron chi connectivity index (χ2n) is 3.87. The number of hydrogen-bond donors (Lipinski definition) is 1. The number of halogens is 1. The predicted molar refractivity (Wildman–Crippen MR) is 65.0 cm³/mol. The van der Waals surface area contributed by atoms with E-state index < -0.39 is 0 Å². The van der Waals surface area contributed by atoms with E-state index in [4.69, 9.17) is 16.7 Å². The summed E-state index contributed by atoms with van der Waals surface area (Å²) in [7, 11) is 0. The molecule has 0 bridgehead atoms. The normalized spacial score (nSPS) is 17.8. The van der Waals surface area contributed by atoms with E-state index in [1.807, 2.05) is 12.1 Å². The van der Waals surface area contributed by atoms with Crippen LogP contribution in [0.1, 0.15) is 0 Å². The average Bonchev–Trinajstić information content (AvgIpc) is 2.30. The molecule has 2 heterocycles. The molecule has 1 N–H and O–H groups in total. The number of piperazine rings is 1. The molecule has 5 heteroatoms. The van der Waals surface area contributed by atoms with Crippen molar-refractivity contribution in [1.29, 1.82) is 0 Å². The molecule has 0 aliphatic carbocycles. The summed E-state index contributed by atoms with van der Waals surface area (Å²) in [5.74, 6) is 0.941. The number of β-amino-alcohol motifs (C(OH)–C–C–N with tert-alkyl or cyclic N) is 1. The lowest BCUT2D eigenvalue weighted by molar-refractivity contribution is 0.188. The van der Waals surface area contributed by atoms with E-state index in [1.165, 1.54) is 0 Å². The molecule has 0 saturated carbocycles. The van der Waals surface area contributed by atoms with Gasteiger partial charge in [0.05, 0.1) is 6.61 Å². The third kappa shape index (κ3) is 2.84. The standard InChI is InChI=1S/C11H16ClN3O/c12-10-2-1-3-11(13-10)15-6-4-14(5-7-15)8-9-16/h1-3,16H,4-9H2. The molecule has 1 fully saturated rings. The van der Waals surface area contributed by atoms with Crippen molar-refractivity contribution < 1.29 is 5.11 Å². The van der Waals surface area contributed by atoms with Gasteiger partial charge in [-0.2, -0.15) is 0 Å². The predicted octanol–water partition coefficient (Wildman–Crippen LogP) is 0.849. The van der Waals surface area contributed by atoms with Gasteiger partial charge in [-0.1, -0.05) is 17.7 Å². The van der Waals surface area contributed by atoms with E-state index in [1.54, 1.807) is 6.07 Å². The summed E-state index contributed by atoms with van der Waals surface area (Å²) in [6.07, 6.45) is 0. The summed E-state index contributed by atoms with van der Waals surface area (Å²) in [5.41, 5.74) is 0. The molecule has 4 nitrogen and oxygen atoms in total.